The Morgan fingerprint density at radius 2 is 1.62 bits per heavy atom. The number of imidazole rings is 1. The SMILES string of the molecule is CN(c1ccccc1)S(=O)(=O)c1cccc(NC(=O)c2c[nH]c(=S)n2-c2ccccc2)c1. The van der Waals surface area contributed by atoms with Crippen LogP contribution in [0.4, 0.5) is 11.4 Å². The van der Waals surface area contributed by atoms with Crippen molar-refractivity contribution < 1.29 is 13.2 Å². The minimum absolute atomic E-state index is 0.0654. The molecule has 0 saturated carbocycles. The highest BCUT2D eigenvalue weighted by atomic mass is 32.2. The Labute approximate surface area is 191 Å². The van der Waals surface area contributed by atoms with Crippen LogP contribution in [-0.2, 0) is 10.0 Å². The van der Waals surface area contributed by atoms with Crippen LogP contribution < -0.4 is 9.62 Å². The van der Waals surface area contributed by atoms with Crippen LogP contribution in [0.3, 0.4) is 0 Å². The van der Waals surface area contributed by atoms with E-state index >= 15 is 0 Å². The van der Waals surface area contributed by atoms with Gasteiger partial charge < -0.3 is 10.3 Å². The van der Waals surface area contributed by atoms with Gasteiger partial charge in [0, 0.05) is 24.6 Å². The molecular formula is C23H20N4O3S2. The predicted octanol–water partition coefficient (Wildman–Crippen LogP) is 4.61. The van der Waals surface area contributed by atoms with Gasteiger partial charge in [0.25, 0.3) is 15.9 Å². The molecule has 0 atom stereocenters. The van der Waals surface area contributed by atoms with Crippen molar-refractivity contribution in [2.45, 2.75) is 4.90 Å². The van der Waals surface area contributed by atoms with Crippen LogP contribution in [0, 0.1) is 4.77 Å². The van der Waals surface area contributed by atoms with Gasteiger partial charge in [0.1, 0.15) is 5.69 Å². The Balaban J connectivity index is 1.62. The predicted molar refractivity (Wildman–Crippen MR) is 127 cm³/mol. The summed E-state index contributed by atoms with van der Waals surface area (Å²) in [5.74, 6) is -0.424. The first kappa shape index (κ1) is 21.5. The van der Waals surface area contributed by atoms with E-state index in [1.54, 1.807) is 41.0 Å². The number of H-pyrrole nitrogens is 1. The lowest BCUT2D eigenvalue weighted by Gasteiger charge is -2.20. The second kappa shape index (κ2) is 8.81. The molecule has 162 valence electrons. The average Bonchev–Trinajstić information content (AvgIpc) is 3.21. The number of para-hydroxylation sites is 2. The zero-order chi connectivity index (χ0) is 22.7. The molecule has 1 amide bonds. The Hall–Kier alpha value is -3.69. The Kier molecular flexibility index (Phi) is 5.93. The number of benzene rings is 3. The number of aromatic nitrogens is 2. The summed E-state index contributed by atoms with van der Waals surface area (Å²) < 4.78 is 29.3. The molecule has 0 aliphatic rings. The van der Waals surface area contributed by atoms with Gasteiger partial charge in [0.05, 0.1) is 10.6 Å². The molecule has 0 spiro atoms. The van der Waals surface area contributed by atoms with Crippen LogP contribution in [0.25, 0.3) is 5.69 Å². The van der Waals surface area contributed by atoms with Gasteiger partial charge in [-0.2, -0.15) is 0 Å². The van der Waals surface area contributed by atoms with Crippen LogP contribution in [0.1, 0.15) is 10.5 Å². The van der Waals surface area contributed by atoms with Crippen molar-refractivity contribution in [2.24, 2.45) is 0 Å². The fourth-order valence-corrected chi connectivity index (χ4v) is 4.74. The van der Waals surface area contributed by atoms with E-state index < -0.39 is 15.9 Å². The molecule has 7 nitrogen and oxygen atoms in total. The third-order valence-electron chi connectivity index (χ3n) is 4.89. The molecule has 1 aromatic heterocycles. The average molecular weight is 465 g/mol. The van der Waals surface area contributed by atoms with Gasteiger partial charge in [-0.3, -0.25) is 13.7 Å². The van der Waals surface area contributed by atoms with Crippen molar-refractivity contribution in [2.75, 3.05) is 16.7 Å². The number of aromatic amines is 1. The maximum atomic E-state index is 13.1. The summed E-state index contributed by atoms with van der Waals surface area (Å²) in [5, 5.41) is 2.76. The Morgan fingerprint density at radius 1 is 0.969 bits per heavy atom. The van der Waals surface area contributed by atoms with Crippen LogP contribution in [-0.4, -0.2) is 30.9 Å². The van der Waals surface area contributed by atoms with E-state index in [9.17, 15) is 13.2 Å². The third kappa shape index (κ3) is 4.20. The van der Waals surface area contributed by atoms with E-state index in [2.05, 4.69) is 10.3 Å². The quantitative estimate of drug-likeness (QED) is 0.408. The molecule has 9 heteroatoms. The normalized spacial score (nSPS) is 11.2. The van der Waals surface area contributed by atoms with Crippen LogP contribution in [0.15, 0.2) is 96.0 Å². The number of carbonyl (C=O) groups is 1. The summed E-state index contributed by atoms with van der Waals surface area (Å²) in [6.07, 6.45) is 1.52. The maximum absolute atomic E-state index is 13.1. The van der Waals surface area contributed by atoms with E-state index in [0.717, 1.165) is 5.69 Å². The minimum atomic E-state index is -3.81. The standard InChI is InChI=1S/C23H20N4O3S2/c1-26(18-10-4-2-5-11-18)32(29,30)20-14-8-9-17(15-20)25-22(28)21-16-24-23(31)27(21)19-12-6-3-7-13-19/h2-16H,1H3,(H,24,31)(H,25,28). The lowest BCUT2D eigenvalue weighted by Crippen LogP contribution is -2.26. The maximum Gasteiger partial charge on any atom is 0.274 e. The van der Waals surface area contributed by atoms with Crippen molar-refractivity contribution in [3.05, 3.63) is 102 Å². The van der Waals surface area contributed by atoms with E-state index in [-0.39, 0.29) is 4.90 Å². The fraction of sp³-hybridized carbons (Fsp3) is 0.0435. The summed E-state index contributed by atoms with van der Waals surface area (Å²) in [5.41, 5.74) is 1.93. The Bertz CT molecular complexity index is 1410. The smallest absolute Gasteiger partial charge is 0.274 e. The lowest BCUT2D eigenvalue weighted by molar-refractivity contribution is 0.102. The number of carbonyl (C=O) groups excluding carboxylic acids is 1. The summed E-state index contributed by atoms with van der Waals surface area (Å²) in [6.45, 7) is 0. The van der Waals surface area contributed by atoms with Crippen molar-refractivity contribution in [1.82, 2.24) is 9.55 Å². The molecule has 32 heavy (non-hydrogen) atoms. The summed E-state index contributed by atoms with van der Waals surface area (Å²) >= 11 is 5.33. The van der Waals surface area contributed by atoms with Crippen molar-refractivity contribution in [3.8, 4) is 5.69 Å². The molecule has 3 aromatic carbocycles. The molecule has 0 fully saturated rings. The molecule has 4 rings (SSSR count). The second-order valence-electron chi connectivity index (χ2n) is 6.94. The number of amides is 1. The summed E-state index contributed by atoms with van der Waals surface area (Å²) in [7, 11) is -2.32. The van der Waals surface area contributed by atoms with Gasteiger partial charge in [0.2, 0.25) is 0 Å². The number of hydrogen-bond donors (Lipinski definition) is 2. The van der Waals surface area contributed by atoms with Gasteiger partial charge in [-0.05, 0) is 54.7 Å². The number of nitrogens with one attached hydrogen (secondary N) is 2. The molecule has 0 bridgehead atoms. The van der Waals surface area contributed by atoms with E-state index in [1.807, 2.05) is 36.4 Å². The summed E-state index contributed by atoms with van der Waals surface area (Å²) in [6, 6.07) is 24.2. The van der Waals surface area contributed by atoms with Gasteiger partial charge in [-0.25, -0.2) is 8.42 Å². The van der Waals surface area contributed by atoms with Crippen molar-refractivity contribution in [1.29, 1.82) is 0 Å². The van der Waals surface area contributed by atoms with Crippen molar-refractivity contribution >= 4 is 39.5 Å². The van der Waals surface area contributed by atoms with Crippen LogP contribution in [0.2, 0.25) is 0 Å². The fourth-order valence-electron chi connectivity index (χ4n) is 3.23. The molecule has 0 unspecified atom stereocenters. The van der Waals surface area contributed by atoms with Crippen LogP contribution >= 0.6 is 12.2 Å². The molecule has 4 aromatic rings. The second-order valence-corrected chi connectivity index (χ2v) is 9.30. The minimum Gasteiger partial charge on any atom is -0.336 e. The first-order valence-electron chi connectivity index (χ1n) is 9.69. The highest BCUT2D eigenvalue weighted by Crippen LogP contribution is 2.24. The van der Waals surface area contributed by atoms with Crippen LogP contribution in [0.5, 0.6) is 0 Å². The van der Waals surface area contributed by atoms with Gasteiger partial charge >= 0.3 is 0 Å². The first-order chi connectivity index (χ1) is 15.4. The first-order valence-corrected chi connectivity index (χ1v) is 11.5. The number of hydrogen-bond acceptors (Lipinski definition) is 4. The zero-order valence-corrected chi connectivity index (χ0v) is 18.7. The van der Waals surface area contributed by atoms with Gasteiger partial charge in [-0.1, -0.05) is 42.5 Å². The van der Waals surface area contributed by atoms with Gasteiger partial charge in [-0.15, -0.1) is 0 Å². The molecule has 0 aliphatic carbocycles. The molecule has 1 heterocycles. The van der Waals surface area contributed by atoms with E-state index in [0.29, 0.717) is 21.8 Å². The Morgan fingerprint density at radius 3 is 2.31 bits per heavy atom. The molecule has 2 N–H and O–H groups in total. The largest absolute Gasteiger partial charge is 0.336 e. The molecular weight excluding hydrogens is 444 g/mol. The molecule has 0 aliphatic heterocycles. The van der Waals surface area contributed by atoms with E-state index in [1.165, 1.54) is 29.7 Å². The molecule has 0 radical (unpaired) electrons. The lowest BCUT2D eigenvalue weighted by atomic mass is 10.3. The van der Waals surface area contributed by atoms with E-state index in [4.69, 9.17) is 12.2 Å². The molecule has 0 saturated heterocycles. The highest BCUT2D eigenvalue weighted by molar-refractivity contribution is 7.92. The number of sulfonamides is 1. The topological polar surface area (TPSA) is 87.2 Å². The zero-order valence-electron chi connectivity index (χ0n) is 17.1. The monoisotopic (exact) mass is 464 g/mol. The highest BCUT2D eigenvalue weighted by Gasteiger charge is 2.22. The number of rotatable bonds is 6. The van der Waals surface area contributed by atoms with Gasteiger partial charge in [0.15, 0.2) is 4.77 Å². The summed E-state index contributed by atoms with van der Waals surface area (Å²) in [4.78, 5) is 15.9. The third-order valence-corrected chi connectivity index (χ3v) is 6.98. The van der Waals surface area contributed by atoms with Crippen molar-refractivity contribution in [3.63, 3.8) is 0 Å². The number of nitrogens with zero attached hydrogens (tertiary/aromatic N) is 2. The number of anilines is 2.